The van der Waals surface area contributed by atoms with Gasteiger partial charge in [0.25, 0.3) is 0 Å². The fourth-order valence-electron chi connectivity index (χ4n) is 2.82. The van der Waals surface area contributed by atoms with Crippen LogP contribution in [0.15, 0.2) is 23.1 Å². The Hall–Kier alpha value is -0.980. The lowest BCUT2D eigenvalue weighted by molar-refractivity contribution is 0.202. The van der Waals surface area contributed by atoms with E-state index in [9.17, 15) is 12.8 Å². The second-order valence-corrected chi connectivity index (χ2v) is 7.63. The van der Waals surface area contributed by atoms with Crippen molar-refractivity contribution in [2.45, 2.75) is 44.2 Å². The van der Waals surface area contributed by atoms with Crippen LogP contribution in [0.4, 0.5) is 4.39 Å². The molecule has 1 aromatic rings. The van der Waals surface area contributed by atoms with E-state index < -0.39 is 15.8 Å². The number of nitrogens with one attached hydrogen (secondary N) is 1. The van der Waals surface area contributed by atoms with E-state index in [0.717, 1.165) is 18.4 Å². The summed E-state index contributed by atoms with van der Waals surface area (Å²) >= 11 is 0. The quantitative estimate of drug-likeness (QED) is 0.928. The first kappa shape index (κ1) is 16.4. The van der Waals surface area contributed by atoms with Gasteiger partial charge in [-0.05, 0) is 50.4 Å². The van der Waals surface area contributed by atoms with E-state index in [-0.39, 0.29) is 16.9 Å². The van der Waals surface area contributed by atoms with Crippen LogP contribution in [0.25, 0.3) is 0 Å². The molecule has 21 heavy (non-hydrogen) atoms. The summed E-state index contributed by atoms with van der Waals surface area (Å²) in [5.41, 5.74) is 0.759. The number of rotatable bonds is 4. The van der Waals surface area contributed by atoms with Crippen molar-refractivity contribution in [3.63, 3.8) is 0 Å². The molecule has 0 spiro atoms. The highest BCUT2D eigenvalue weighted by Crippen LogP contribution is 2.30. The maximum atomic E-state index is 14.1. The van der Waals surface area contributed by atoms with Crippen LogP contribution in [0.3, 0.4) is 0 Å². The molecule has 2 unspecified atom stereocenters. The van der Waals surface area contributed by atoms with E-state index in [4.69, 9.17) is 0 Å². The monoisotopic (exact) mass is 314 g/mol. The highest BCUT2D eigenvalue weighted by Gasteiger charge is 2.35. The molecule has 2 rings (SSSR count). The van der Waals surface area contributed by atoms with Gasteiger partial charge in [-0.25, -0.2) is 12.8 Å². The highest BCUT2D eigenvalue weighted by molar-refractivity contribution is 7.89. The summed E-state index contributed by atoms with van der Waals surface area (Å²) in [6.07, 6.45) is 1.83. The van der Waals surface area contributed by atoms with Crippen LogP contribution in [0.2, 0.25) is 0 Å². The van der Waals surface area contributed by atoms with Crippen LogP contribution >= 0.6 is 0 Å². The van der Waals surface area contributed by atoms with Crippen LogP contribution in [-0.2, 0) is 16.6 Å². The van der Waals surface area contributed by atoms with E-state index in [1.165, 1.54) is 16.4 Å². The van der Waals surface area contributed by atoms with Crippen LogP contribution < -0.4 is 5.32 Å². The Labute approximate surface area is 126 Å². The topological polar surface area (TPSA) is 49.4 Å². The second kappa shape index (κ2) is 6.42. The van der Waals surface area contributed by atoms with Crippen LogP contribution in [0, 0.1) is 11.7 Å². The molecule has 2 atom stereocenters. The van der Waals surface area contributed by atoms with E-state index >= 15 is 0 Å². The molecule has 118 valence electrons. The molecule has 0 amide bonds. The van der Waals surface area contributed by atoms with Gasteiger partial charge in [-0.15, -0.1) is 0 Å². The maximum Gasteiger partial charge on any atom is 0.246 e. The predicted molar refractivity (Wildman–Crippen MR) is 80.9 cm³/mol. The van der Waals surface area contributed by atoms with Crippen molar-refractivity contribution in [3.05, 3.63) is 29.6 Å². The molecule has 1 saturated heterocycles. The number of hydrogen-bond acceptors (Lipinski definition) is 3. The lowest BCUT2D eigenvalue weighted by atomic mass is 9.94. The van der Waals surface area contributed by atoms with Gasteiger partial charge < -0.3 is 5.32 Å². The zero-order chi connectivity index (χ0) is 15.6. The Morgan fingerprint density at radius 3 is 2.76 bits per heavy atom. The fraction of sp³-hybridized carbons (Fsp3) is 0.600. The SMILES string of the molecule is CNCc1ccc(F)c(S(=O)(=O)N2CCCC(C)C2C)c1. The summed E-state index contributed by atoms with van der Waals surface area (Å²) in [6.45, 7) is 4.91. The van der Waals surface area contributed by atoms with Crippen molar-refractivity contribution < 1.29 is 12.8 Å². The van der Waals surface area contributed by atoms with Gasteiger partial charge in [0.1, 0.15) is 10.7 Å². The third kappa shape index (κ3) is 3.27. The predicted octanol–water partition coefficient (Wildman–Crippen LogP) is 2.35. The summed E-state index contributed by atoms with van der Waals surface area (Å²) in [7, 11) is -2.02. The first-order valence-corrected chi connectivity index (χ1v) is 8.76. The minimum Gasteiger partial charge on any atom is -0.316 e. The highest BCUT2D eigenvalue weighted by atomic mass is 32.2. The van der Waals surface area contributed by atoms with Crippen molar-refractivity contribution in [1.82, 2.24) is 9.62 Å². The van der Waals surface area contributed by atoms with Crippen LogP contribution in [0.5, 0.6) is 0 Å². The zero-order valence-electron chi connectivity index (χ0n) is 12.8. The number of piperidine rings is 1. The van der Waals surface area contributed by atoms with Crippen LogP contribution in [0.1, 0.15) is 32.3 Å². The molecule has 0 saturated carbocycles. The molecule has 4 nitrogen and oxygen atoms in total. The maximum absolute atomic E-state index is 14.1. The summed E-state index contributed by atoms with van der Waals surface area (Å²) in [6, 6.07) is 4.17. The number of nitrogens with zero attached hydrogens (tertiary/aromatic N) is 1. The van der Waals surface area contributed by atoms with E-state index in [0.29, 0.717) is 13.1 Å². The molecule has 0 radical (unpaired) electrons. The molecular formula is C15H23FN2O2S. The molecular weight excluding hydrogens is 291 g/mol. The van der Waals surface area contributed by atoms with Crippen molar-refractivity contribution >= 4 is 10.0 Å². The zero-order valence-corrected chi connectivity index (χ0v) is 13.6. The Balaban J connectivity index is 2.41. The van der Waals surface area contributed by atoms with Crippen molar-refractivity contribution in [3.8, 4) is 0 Å². The Bertz CT molecular complexity index is 604. The lowest BCUT2D eigenvalue weighted by Crippen LogP contribution is -2.46. The fourth-order valence-corrected chi connectivity index (χ4v) is 4.71. The van der Waals surface area contributed by atoms with Gasteiger partial charge in [-0.2, -0.15) is 4.31 Å². The minimum absolute atomic E-state index is 0.101. The average molecular weight is 314 g/mol. The van der Waals surface area contributed by atoms with Gasteiger partial charge in [0.15, 0.2) is 0 Å². The Morgan fingerprint density at radius 2 is 2.10 bits per heavy atom. The molecule has 0 bridgehead atoms. The van der Waals surface area contributed by atoms with Crippen molar-refractivity contribution in [2.75, 3.05) is 13.6 Å². The third-order valence-electron chi connectivity index (χ3n) is 4.28. The van der Waals surface area contributed by atoms with E-state index in [1.54, 1.807) is 13.1 Å². The summed E-state index contributed by atoms with van der Waals surface area (Å²) in [5, 5.41) is 2.95. The largest absolute Gasteiger partial charge is 0.316 e. The molecule has 1 heterocycles. The van der Waals surface area contributed by atoms with Gasteiger partial charge in [0.2, 0.25) is 10.0 Å². The lowest BCUT2D eigenvalue weighted by Gasteiger charge is -2.36. The molecule has 1 aliphatic heterocycles. The van der Waals surface area contributed by atoms with Gasteiger partial charge in [-0.3, -0.25) is 0 Å². The molecule has 1 fully saturated rings. The van der Waals surface area contributed by atoms with Crippen molar-refractivity contribution in [1.29, 1.82) is 0 Å². The number of sulfonamides is 1. The molecule has 0 aromatic heterocycles. The normalized spacial score (nSPS) is 24.2. The summed E-state index contributed by atoms with van der Waals surface area (Å²) < 4.78 is 41.1. The van der Waals surface area contributed by atoms with E-state index in [1.807, 2.05) is 13.8 Å². The second-order valence-electron chi connectivity index (χ2n) is 5.77. The number of halogens is 1. The number of benzene rings is 1. The molecule has 0 aliphatic carbocycles. The first-order chi connectivity index (χ1) is 9.87. The molecule has 1 aliphatic rings. The van der Waals surface area contributed by atoms with Gasteiger partial charge >= 0.3 is 0 Å². The van der Waals surface area contributed by atoms with E-state index in [2.05, 4.69) is 5.32 Å². The number of hydrogen-bond donors (Lipinski definition) is 1. The first-order valence-electron chi connectivity index (χ1n) is 7.32. The van der Waals surface area contributed by atoms with Gasteiger partial charge in [0.05, 0.1) is 0 Å². The third-order valence-corrected chi connectivity index (χ3v) is 6.28. The Morgan fingerprint density at radius 1 is 1.38 bits per heavy atom. The van der Waals surface area contributed by atoms with Crippen LogP contribution in [-0.4, -0.2) is 32.4 Å². The van der Waals surface area contributed by atoms with Crippen molar-refractivity contribution in [2.24, 2.45) is 5.92 Å². The standard InChI is InChI=1S/C15H23FN2O2S/c1-11-5-4-8-18(12(11)2)21(19,20)15-9-13(10-17-3)6-7-14(15)16/h6-7,9,11-12,17H,4-5,8,10H2,1-3H3. The summed E-state index contributed by atoms with van der Waals surface area (Å²) in [4.78, 5) is -0.212. The van der Waals surface area contributed by atoms with Gasteiger partial charge in [-0.1, -0.05) is 13.0 Å². The summed E-state index contributed by atoms with van der Waals surface area (Å²) in [5.74, 6) is -0.391. The smallest absolute Gasteiger partial charge is 0.246 e. The minimum atomic E-state index is -3.79. The average Bonchev–Trinajstić information content (AvgIpc) is 2.44. The Kier molecular flexibility index (Phi) is 5.01. The molecule has 1 N–H and O–H groups in total. The molecule has 6 heteroatoms. The molecule has 1 aromatic carbocycles. The van der Waals surface area contributed by atoms with Gasteiger partial charge in [0, 0.05) is 19.1 Å².